The highest BCUT2D eigenvalue weighted by Gasteiger charge is 2.22. The fourth-order valence-electron chi connectivity index (χ4n) is 1.96. The molecule has 0 spiro atoms. The fourth-order valence-corrected chi connectivity index (χ4v) is 2.49. The summed E-state index contributed by atoms with van der Waals surface area (Å²) in [7, 11) is 0. The third-order valence-corrected chi connectivity index (χ3v) is 3.92. The number of hydrogen-bond donors (Lipinski definition) is 1. The molecule has 1 N–H and O–H groups in total. The first-order chi connectivity index (χ1) is 9.08. The van der Waals surface area contributed by atoms with Gasteiger partial charge in [-0.25, -0.2) is 0 Å². The molecule has 1 saturated heterocycles. The third-order valence-electron chi connectivity index (χ3n) is 2.99. The van der Waals surface area contributed by atoms with Gasteiger partial charge in [-0.3, -0.25) is 4.79 Å². The second-order valence-electron chi connectivity index (χ2n) is 4.43. The van der Waals surface area contributed by atoms with Crippen molar-refractivity contribution in [2.24, 2.45) is 0 Å². The summed E-state index contributed by atoms with van der Waals surface area (Å²) in [6, 6.07) is 5.16. The van der Waals surface area contributed by atoms with Crippen LogP contribution < -0.4 is 5.32 Å². The van der Waals surface area contributed by atoms with Crippen LogP contribution in [0.25, 0.3) is 0 Å². The maximum absolute atomic E-state index is 12.3. The van der Waals surface area contributed by atoms with Crippen molar-refractivity contribution in [3.05, 3.63) is 27.7 Å². The van der Waals surface area contributed by atoms with Crippen molar-refractivity contribution >= 4 is 39.1 Å². The number of carbonyl (C=O) groups is 1. The molecule has 6 heteroatoms. The lowest BCUT2D eigenvalue weighted by Crippen LogP contribution is -2.47. The highest BCUT2D eigenvalue weighted by Crippen LogP contribution is 2.26. The molecule has 1 aliphatic heterocycles. The van der Waals surface area contributed by atoms with Crippen LogP contribution in [0.4, 0.5) is 5.69 Å². The quantitative estimate of drug-likeness (QED) is 0.914. The Kier molecular flexibility index (Phi) is 5.07. The molecule has 1 aromatic carbocycles. The van der Waals surface area contributed by atoms with Crippen LogP contribution in [-0.2, 0) is 9.53 Å². The molecule has 0 aliphatic carbocycles. The number of benzene rings is 1. The van der Waals surface area contributed by atoms with E-state index in [1.807, 2.05) is 17.9 Å². The zero-order valence-corrected chi connectivity index (χ0v) is 13.0. The maximum atomic E-state index is 12.3. The lowest BCUT2D eigenvalue weighted by Gasteiger charge is -2.30. The Labute approximate surface area is 126 Å². The van der Waals surface area contributed by atoms with Gasteiger partial charge in [0, 0.05) is 22.6 Å². The summed E-state index contributed by atoms with van der Waals surface area (Å²) in [5.74, 6) is 0.0789. The lowest BCUT2D eigenvalue weighted by atomic mass is 10.2. The van der Waals surface area contributed by atoms with E-state index in [0.29, 0.717) is 31.3 Å². The van der Waals surface area contributed by atoms with Crippen molar-refractivity contribution < 1.29 is 9.53 Å². The third kappa shape index (κ3) is 3.84. The SMILES string of the molecule is CC(Nc1cc(Cl)ccc1Br)C(=O)N1CCOCC1. The number of carbonyl (C=O) groups excluding carboxylic acids is 1. The van der Waals surface area contributed by atoms with Crippen LogP contribution >= 0.6 is 27.5 Å². The van der Waals surface area contributed by atoms with Crippen molar-refractivity contribution in [2.45, 2.75) is 13.0 Å². The normalized spacial score (nSPS) is 17.1. The molecule has 0 bridgehead atoms. The summed E-state index contributed by atoms with van der Waals surface area (Å²) in [6.45, 7) is 4.38. The molecular formula is C13H16BrClN2O2. The second-order valence-corrected chi connectivity index (χ2v) is 5.72. The van der Waals surface area contributed by atoms with Gasteiger partial charge in [0.05, 0.1) is 18.9 Å². The Hall–Kier alpha value is -0.780. The summed E-state index contributed by atoms with van der Waals surface area (Å²) >= 11 is 9.39. The van der Waals surface area contributed by atoms with Gasteiger partial charge in [-0.2, -0.15) is 0 Å². The average molecular weight is 348 g/mol. The largest absolute Gasteiger partial charge is 0.378 e. The predicted molar refractivity (Wildman–Crippen MR) is 79.6 cm³/mol. The molecule has 0 saturated carbocycles. The molecule has 4 nitrogen and oxygen atoms in total. The summed E-state index contributed by atoms with van der Waals surface area (Å²) in [6.07, 6.45) is 0. The molecule has 19 heavy (non-hydrogen) atoms. The van der Waals surface area contributed by atoms with Crippen LogP contribution in [0.2, 0.25) is 5.02 Å². The first kappa shape index (κ1) is 14.6. The Bertz CT molecular complexity index is 464. The van der Waals surface area contributed by atoms with E-state index in [1.54, 1.807) is 12.1 Å². The number of nitrogens with one attached hydrogen (secondary N) is 1. The Morgan fingerprint density at radius 2 is 2.16 bits per heavy atom. The maximum Gasteiger partial charge on any atom is 0.244 e. The number of morpholine rings is 1. The van der Waals surface area contributed by atoms with Gasteiger partial charge in [-0.05, 0) is 41.1 Å². The van der Waals surface area contributed by atoms with E-state index in [9.17, 15) is 4.79 Å². The summed E-state index contributed by atoms with van der Waals surface area (Å²) in [4.78, 5) is 14.1. The van der Waals surface area contributed by atoms with Gasteiger partial charge in [0.2, 0.25) is 5.91 Å². The Morgan fingerprint density at radius 1 is 1.47 bits per heavy atom. The highest BCUT2D eigenvalue weighted by molar-refractivity contribution is 9.10. The number of halogens is 2. The number of amides is 1. The Balaban J connectivity index is 2.01. The summed E-state index contributed by atoms with van der Waals surface area (Å²) in [5, 5.41) is 3.82. The molecular weight excluding hydrogens is 332 g/mol. The van der Waals surface area contributed by atoms with Gasteiger partial charge in [0.15, 0.2) is 0 Å². The first-order valence-corrected chi connectivity index (χ1v) is 7.33. The number of ether oxygens (including phenoxy) is 1. The number of anilines is 1. The number of rotatable bonds is 3. The zero-order chi connectivity index (χ0) is 13.8. The van der Waals surface area contributed by atoms with E-state index in [-0.39, 0.29) is 11.9 Å². The van der Waals surface area contributed by atoms with Gasteiger partial charge in [-0.15, -0.1) is 0 Å². The minimum Gasteiger partial charge on any atom is -0.378 e. The number of hydrogen-bond acceptors (Lipinski definition) is 3. The van der Waals surface area contributed by atoms with Crippen molar-refractivity contribution in [2.75, 3.05) is 31.6 Å². The molecule has 1 amide bonds. The molecule has 1 heterocycles. The highest BCUT2D eigenvalue weighted by atomic mass is 79.9. The van der Waals surface area contributed by atoms with Crippen LogP contribution in [0.15, 0.2) is 22.7 Å². The minimum atomic E-state index is -0.298. The monoisotopic (exact) mass is 346 g/mol. The number of nitrogens with zero attached hydrogens (tertiary/aromatic N) is 1. The minimum absolute atomic E-state index is 0.0789. The van der Waals surface area contributed by atoms with Crippen molar-refractivity contribution in [1.29, 1.82) is 0 Å². The van der Waals surface area contributed by atoms with E-state index >= 15 is 0 Å². The van der Waals surface area contributed by atoms with E-state index in [1.165, 1.54) is 0 Å². The summed E-state index contributed by atoms with van der Waals surface area (Å²) in [5.41, 5.74) is 0.821. The Morgan fingerprint density at radius 3 is 2.84 bits per heavy atom. The van der Waals surface area contributed by atoms with E-state index in [2.05, 4.69) is 21.2 Å². The van der Waals surface area contributed by atoms with Crippen molar-refractivity contribution in [3.63, 3.8) is 0 Å². The average Bonchev–Trinajstić information content (AvgIpc) is 2.43. The smallest absolute Gasteiger partial charge is 0.244 e. The molecule has 1 atom stereocenters. The molecule has 0 aromatic heterocycles. The fraction of sp³-hybridized carbons (Fsp3) is 0.462. The first-order valence-electron chi connectivity index (χ1n) is 6.16. The van der Waals surface area contributed by atoms with Crippen molar-refractivity contribution in [1.82, 2.24) is 4.90 Å². The topological polar surface area (TPSA) is 41.6 Å². The summed E-state index contributed by atoms with van der Waals surface area (Å²) < 4.78 is 6.13. The molecule has 2 rings (SSSR count). The lowest BCUT2D eigenvalue weighted by molar-refractivity contribution is -0.135. The standard InChI is InChI=1S/C13H16BrClN2O2/c1-9(13(18)17-4-6-19-7-5-17)16-12-8-10(15)2-3-11(12)14/h2-3,8-9,16H,4-7H2,1H3. The zero-order valence-electron chi connectivity index (χ0n) is 10.7. The molecule has 0 radical (unpaired) electrons. The van der Waals surface area contributed by atoms with Crippen LogP contribution in [0.3, 0.4) is 0 Å². The van der Waals surface area contributed by atoms with Crippen LogP contribution in [-0.4, -0.2) is 43.2 Å². The van der Waals surface area contributed by atoms with E-state index in [4.69, 9.17) is 16.3 Å². The van der Waals surface area contributed by atoms with Crippen LogP contribution in [0.5, 0.6) is 0 Å². The molecule has 1 aromatic rings. The second kappa shape index (κ2) is 6.59. The van der Waals surface area contributed by atoms with Crippen molar-refractivity contribution in [3.8, 4) is 0 Å². The molecule has 1 aliphatic rings. The predicted octanol–water partition coefficient (Wildman–Crippen LogP) is 2.76. The molecule has 1 fully saturated rings. The molecule has 104 valence electrons. The van der Waals surface area contributed by atoms with Gasteiger partial charge >= 0.3 is 0 Å². The molecule has 1 unspecified atom stereocenters. The van der Waals surface area contributed by atoms with Gasteiger partial charge in [0.25, 0.3) is 0 Å². The van der Waals surface area contributed by atoms with E-state index in [0.717, 1.165) is 10.2 Å². The van der Waals surface area contributed by atoms with Gasteiger partial charge in [-0.1, -0.05) is 11.6 Å². The van der Waals surface area contributed by atoms with Crippen LogP contribution in [0.1, 0.15) is 6.92 Å². The van der Waals surface area contributed by atoms with Crippen LogP contribution in [0, 0.1) is 0 Å². The van der Waals surface area contributed by atoms with E-state index < -0.39 is 0 Å². The van der Waals surface area contributed by atoms with Gasteiger partial charge < -0.3 is 15.0 Å². The van der Waals surface area contributed by atoms with Gasteiger partial charge in [0.1, 0.15) is 6.04 Å².